The molecule has 0 saturated carbocycles. The van der Waals surface area contributed by atoms with Crippen LogP contribution >= 0.6 is 12.2 Å². The molecule has 0 amide bonds. The van der Waals surface area contributed by atoms with Crippen molar-refractivity contribution in [3.63, 3.8) is 0 Å². The first-order valence-electron chi connectivity index (χ1n) is 1.51. The molecule has 34 valence electrons. The minimum absolute atomic E-state index is 0. The zero-order valence-electron chi connectivity index (χ0n) is 5.00. The molecule has 0 atom stereocenters. The predicted octanol–water partition coefficient (Wildman–Crippen LogP) is -1.72. The molecule has 1 rings (SSSR count). The van der Waals surface area contributed by atoms with Gasteiger partial charge in [0.1, 0.15) is 6.26 Å². The van der Waals surface area contributed by atoms with Crippen LogP contribution in [0.3, 0.4) is 0 Å². The van der Waals surface area contributed by atoms with Gasteiger partial charge in [0.15, 0.2) is 0 Å². The van der Waals surface area contributed by atoms with E-state index in [4.69, 9.17) is 0 Å². The molecule has 0 unspecified atom stereocenters. The third kappa shape index (κ3) is 2.81. The molecule has 0 fully saturated rings. The van der Waals surface area contributed by atoms with Gasteiger partial charge in [-0.2, -0.15) is 4.40 Å². The summed E-state index contributed by atoms with van der Waals surface area (Å²) in [6.07, 6.45) is 4.99. The van der Waals surface area contributed by atoms with Crippen LogP contribution in [0.4, 0.5) is 0 Å². The van der Waals surface area contributed by atoms with Crippen molar-refractivity contribution in [1.29, 1.82) is 0 Å². The molecule has 1 aliphatic heterocycles. The maximum atomic E-state index is 4.61. The van der Waals surface area contributed by atoms with Crippen LogP contribution < -0.4 is 18.9 Å². The van der Waals surface area contributed by atoms with Crippen LogP contribution in [0.5, 0.6) is 0 Å². The maximum absolute atomic E-state index is 4.61. The van der Waals surface area contributed by atoms with Crippen molar-refractivity contribution < 1.29 is 24.5 Å². The van der Waals surface area contributed by atoms with Gasteiger partial charge in [-0.15, -0.1) is 0 Å². The fraction of sp³-hybridized carbons (Fsp3) is 0. The van der Waals surface area contributed by atoms with E-state index in [0.29, 0.717) is 0 Å². The topological polar surface area (TPSA) is 21.6 Å². The number of nitrogens with zero attached hydrogens (tertiary/aromatic N) is 1. The van der Waals surface area contributed by atoms with Crippen LogP contribution in [0.1, 0.15) is 1.43 Å². The second-order valence-electron chi connectivity index (χ2n) is 0.754. The number of hydrogen-bond donors (Lipinski definition) is 0. The van der Waals surface area contributed by atoms with Crippen LogP contribution in [-0.4, -0.2) is 6.21 Å². The van der Waals surface area contributed by atoms with Gasteiger partial charge in [0.2, 0.25) is 12.2 Å². The molecule has 0 aromatic carbocycles. The van der Waals surface area contributed by atoms with Crippen molar-refractivity contribution in [1.82, 2.24) is 0 Å². The third-order valence-electron chi connectivity index (χ3n) is 0.367. The molecule has 7 heavy (non-hydrogen) atoms. The van der Waals surface area contributed by atoms with Gasteiger partial charge in [0.25, 0.3) is 0 Å². The molecule has 0 bridgehead atoms. The van der Waals surface area contributed by atoms with E-state index in [1.165, 1.54) is 0 Å². The second-order valence-corrected chi connectivity index (χ2v) is 1.31. The summed E-state index contributed by atoms with van der Waals surface area (Å²) < 4.78 is 8.27. The molecule has 2 nitrogen and oxygen atoms in total. The van der Waals surface area contributed by atoms with Crippen molar-refractivity contribution in [3.8, 4) is 0 Å². The summed E-state index contributed by atoms with van der Waals surface area (Å²) in [5.41, 5.74) is 0. The molecule has 0 aromatic heterocycles. The molecule has 1 aliphatic rings. The summed E-state index contributed by atoms with van der Waals surface area (Å²) >= 11 is 1.08. The van der Waals surface area contributed by atoms with Crippen molar-refractivity contribution in [3.05, 3.63) is 12.3 Å². The summed E-state index contributed by atoms with van der Waals surface area (Å²) in [4.78, 5) is 0. The molecular weight excluding hydrogens is 105 g/mol. The van der Waals surface area contributed by atoms with E-state index < -0.39 is 0 Å². The van der Waals surface area contributed by atoms with Gasteiger partial charge in [-0.25, -0.2) is 0 Å². The largest absolute Gasteiger partial charge is 1.00 e. The zero-order valence-corrected chi connectivity index (χ0v) is 4.81. The summed E-state index contributed by atoms with van der Waals surface area (Å²) in [5.74, 6) is 0. The molecule has 1 heterocycles. The Morgan fingerprint density at radius 1 is 1.71 bits per heavy atom. The van der Waals surface area contributed by atoms with E-state index in [1.54, 1.807) is 18.6 Å². The number of rotatable bonds is 0. The average Bonchev–Trinajstić information content (AvgIpc) is 1.72. The monoisotopic (exact) mass is 109 g/mol. The van der Waals surface area contributed by atoms with E-state index >= 15 is 0 Å². The quantitative estimate of drug-likeness (QED) is 0.210. The van der Waals surface area contributed by atoms with Crippen molar-refractivity contribution in [2.45, 2.75) is 0 Å². The van der Waals surface area contributed by atoms with Gasteiger partial charge in [-0.05, 0) is 6.08 Å². The molecule has 0 aromatic rings. The first-order valence-corrected chi connectivity index (χ1v) is 2.21. The Morgan fingerprint density at radius 3 is 2.71 bits per heavy atom. The van der Waals surface area contributed by atoms with Gasteiger partial charge >= 0.3 is 18.9 Å². The van der Waals surface area contributed by atoms with Crippen molar-refractivity contribution >= 4 is 18.4 Å². The van der Waals surface area contributed by atoms with Crippen LogP contribution in [0, 0.1) is 0 Å². The minimum atomic E-state index is 0. The number of allylic oxidation sites excluding steroid dienone is 1. The Morgan fingerprint density at radius 2 is 2.57 bits per heavy atom. The van der Waals surface area contributed by atoms with Gasteiger partial charge in [0, 0.05) is 6.21 Å². The fourth-order valence-electron chi connectivity index (χ4n) is 0.177. The van der Waals surface area contributed by atoms with E-state index in [0.717, 1.165) is 12.2 Å². The predicted molar refractivity (Wildman–Crippen MR) is 27.4 cm³/mol. The van der Waals surface area contributed by atoms with Crippen LogP contribution in [0.15, 0.2) is 16.7 Å². The second kappa shape index (κ2) is 4.32. The van der Waals surface area contributed by atoms with Crippen molar-refractivity contribution in [2.24, 2.45) is 4.40 Å². The normalized spacial score (nSPS) is 14.9. The third-order valence-corrected chi connectivity index (χ3v) is 0.772. The molecule has 0 saturated heterocycles. The Kier molecular flexibility index (Phi) is 4.42. The molecule has 4 heteroatoms. The standard InChI is InChI=1S/C3H3NOS.Li.H/c1-2-4-6-5-3-1;;/h1-3H;;/q;+1;-1. The average molecular weight is 109 g/mol. The molecule has 0 aliphatic carbocycles. The van der Waals surface area contributed by atoms with Crippen LogP contribution in [-0.2, 0) is 4.18 Å². The van der Waals surface area contributed by atoms with E-state index in [2.05, 4.69) is 8.58 Å². The Hall–Kier alpha value is 0.157. The van der Waals surface area contributed by atoms with E-state index in [9.17, 15) is 0 Å². The molecule has 0 radical (unpaired) electrons. The van der Waals surface area contributed by atoms with Crippen molar-refractivity contribution in [2.75, 3.05) is 0 Å². The smallest absolute Gasteiger partial charge is 1.00 e. The zero-order chi connectivity index (χ0) is 4.24. The molecular formula is C3H4LiNOS. The van der Waals surface area contributed by atoms with Gasteiger partial charge in [0.05, 0.1) is 0 Å². The Balaban J connectivity index is 0. The summed E-state index contributed by atoms with van der Waals surface area (Å²) in [6.45, 7) is 0. The van der Waals surface area contributed by atoms with Gasteiger partial charge in [-0.3, -0.25) is 0 Å². The first kappa shape index (κ1) is 7.16. The minimum Gasteiger partial charge on any atom is -1.00 e. The van der Waals surface area contributed by atoms with E-state index in [-0.39, 0.29) is 20.3 Å². The molecule has 0 N–H and O–H groups in total. The Labute approximate surface area is 60.0 Å². The first-order chi connectivity index (χ1) is 3.00. The number of hydrogen-bond acceptors (Lipinski definition) is 3. The van der Waals surface area contributed by atoms with Gasteiger partial charge < -0.3 is 5.61 Å². The Bertz CT molecular complexity index is 85.3. The summed E-state index contributed by atoms with van der Waals surface area (Å²) in [5, 5.41) is 0. The van der Waals surface area contributed by atoms with Crippen LogP contribution in [0.25, 0.3) is 0 Å². The maximum Gasteiger partial charge on any atom is 1.00 e. The van der Waals surface area contributed by atoms with Crippen LogP contribution in [0.2, 0.25) is 0 Å². The van der Waals surface area contributed by atoms with E-state index in [1.807, 2.05) is 0 Å². The summed E-state index contributed by atoms with van der Waals surface area (Å²) in [7, 11) is 0. The SMILES string of the molecule is C1=COSN=C1.[H-].[Li+]. The van der Waals surface area contributed by atoms with Gasteiger partial charge in [-0.1, -0.05) is 0 Å². The summed E-state index contributed by atoms with van der Waals surface area (Å²) in [6, 6.07) is 0. The molecule has 0 spiro atoms. The fourth-order valence-corrected chi connectivity index (χ4v) is 0.460.